The Balaban J connectivity index is 1.93. The second kappa shape index (κ2) is 5.53. The average molecular weight is 300 g/mol. The smallest absolute Gasteiger partial charge is 0.227 e. The lowest BCUT2D eigenvalue weighted by Crippen LogP contribution is -2.31. The molecule has 1 aliphatic heterocycles. The van der Waals surface area contributed by atoms with Gasteiger partial charge in [0.2, 0.25) is 5.91 Å². The zero-order valence-corrected chi connectivity index (χ0v) is 13.0. The van der Waals surface area contributed by atoms with Crippen LogP contribution in [0.3, 0.4) is 0 Å². The number of fused-ring (bicyclic) bond motifs is 1. The maximum Gasteiger partial charge on any atom is 0.227 e. The Bertz CT molecular complexity index is 678. The zero-order chi connectivity index (χ0) is 15.0. The molecule has 0 saturated heterocycles. The van der Waals surface area contributed by atoms with Gasteiger partial charge >= 0.3 is 0 Å². The summed E-state index contributed by atoms with van der Waals surface area (Å²) in [6.07, 6.45) is 1.37. The Kier molecular flexibility index (Phi) is 3.73. The quantitative estimate of drug-likeness (QED) is 0.760. The maximum absolute atomic E-state index is 11.7. The van der Waals surface area contributed by atoms with E-state index in [-0.39, 0.29) is 11.3 Å². The van der Waals surface area contributed by atoms with E-state index in [1.807, 2.05) is 19.2 Å². The SMILES string of the molecule is Cc1ccc(C(Cl)c2ccc3c(c2)CCC(=O)N3C)cc1. The van der Waals surface area contributed by atoms with Gasteiger partial charge in [0.05, 0.1) is 5.38 Å². The van der Waals surface area contributed by atoms with Crippen molar-refractivity contribution in [3.63, 3.8) is 0 Å². The van der Waals surface area contributed by atoms with E-state index in [9.17, 15) is 4.79 Å². The van der Waals surface area contributed by atoms with E-state index in [2.05, 4.69) is 37.3 Å². The van der Waals surface area contributed by atoms with Crippen LogP contribution in [0.4, 0.5) is 5.69 Å². The van der Waals surface area contributed by atoms with Crippen molar-refractivity contribution in [3.8, 4) is 0 Å². The van der Waals surface area contributed by atoms with E-state index < -0.39 is 0 Å². The molecule has 1 aliphatic rings. The number of hydrogen-bond acceptors (Lipinski definition) is 1. The standard InChI is InChI=1S/C18H18ClNO/c1-12-3-5-13(6-4-12)18(19)15-7-9-16-14(11-15)8-10-17(21)20(16)2/h3-7,9,11,18H,8,10H2,1-2H3. The van der Waals surface area contributed by atoms with Crippen molar-refractivity contribution < 1.29 is 4.79 Å². The summed E-state index contributed by atoms with van der Waals surface area (Å²) in [4.78, 5) is 13.5. The first-order valence-corrected chi connectivity index (χ1v) is 7.60. The molecule has 1 amide bonds. The number of amides is 1. The number of anilines is 1. The van der Waals surface area contributed by atoms with Crippen LogP contribution in [0.25, 0.3) is 0 Å². The minimum absolute atomic E-state index is 0.154. The molecule has 108 valence electrons. The summed E-state index contributed by atoms with van der Waals surface area (Å²) in [7, 11) is 1.83. The topological polar surface area (TPSA) is 20.3 Å². The number of benzene rings is 2. The van der Waals surface area contributed by atoms with Gasteiger partial charge in [0, 0.05) is 19.2 Å². The van der Waals surface area contributed by atoms with E-state index in [1.165, 1.54) is 11.1 Å². The van der Waals surface area contributed by atoms with Gasteiger partial charge in [0.25, 0.3) is 0 Å². The molecule has 1 unspecified atom stereocenters. The van der Waals surface area contributed by atoms with Crippen molar-refractivity contribution in [2.45, 2.75) is 25.1 Å². The van der Waals surface area contributed by atoms with Crippen LogP contribution in [-0.4, -0.2) is 13.0 Å². The molecule has 2 aromatic carbocycles. The molecule has 0 fully saturated rings. The fraction of sp³-hybridized carbons (Fsp3) is 0.278. The summed E-state index contributed by atoms with van der Waals surface area (Å²) in [5.74, 6) is 0.177. The molecule has 1 atom stereocenters. The van der Waals surface area contributed by atoms with Crippen molar-refractivity contribution in [2.24, 2.45) is 0 Å². The first-order chi connectivity index (χ1) is 10.1. The van der Waals surface area contributed by atoms with E-state index in [4.69, 9.17) is 11.6 Å². The molecule has 2 nitrogen and oxygen atoms in total. The molecular formula is C18H18ClNO. The van der Waals surface area contributed by atoms with E-state index in [1.54, 1.807) is 4.90 Å². The van der Waals surface area contributed by atoms with Crippen LogP contribution in [0.1, 0.15) is 34.1 Å². The number of hydrogen-bond donors (Lipinski definition) is 0. The van der Waals surface area contributed by atoms with Gasteiger partial charge in [-0.25, -0.2) is 0 Å². The summed E-state index contributed by atoms with van der Waals surface area (Å²) in [6, 6.07) is 14.5. The van der Waals surface area contributed by atoms with Gasteiger partial charge in [-0.05, 0) is 36.1 Å². The van der Waals surface area contributed by atoms with Gasteiger partial charge in [0.15, 0.2) is 0 Å². The molecular weight excluding hydrogens is 282 g/mol. The number of aryl methyl sites for hydroxylation is 2. The third-order valence-corrected chi connectivity index (χ3v) is 4.61. The minimum atomic E-state index is -0.154. The molecule has 0 saturated carbocycles. The molecule has 3 rings (SSSR count). The predicted octanol–water partition coefficient (Wildman–Crippen LogP) is 4.23. The van der Waals surface area contributed by atoms with Crippen LogP contribution < -0.4 is 4.90 Å². The van der Waals surface area contributed by atoms with Gasteiger partial charge in [-0.1, -0.05) is 42.0 Å². The summed E-state index contributed by atoms with van der Waals surface area (Å²) in [5, 5.41) is -0.154. The Hall–Kier alpha value is -1.80. The Morgan fingerprint density at radius 3 is 2.43 bits per heavy atom. The summed E-state index contributed by atoms with van der Waals surface area (Å²) < 4.78 is 0. The first-order valence-electron chi connectivity index (χ1n) is 7.16. The fourth-order valence-corrected chi connectivity index (χ4v) is 3.04. The molecule has 2 aromatic rings. The van der Waals surface area contributed by atoms with Crippen molar-refractivity contribution in [2.75, 3.05) is 11.9 Å². The van der Waals surface area contributed by atoms with Crippen LogP contribution in [-0.2, 0) is 11.2 Å². The largest absolute Gasteiger partial charge is 0.315 e. The number of carbonyl (C=O) groups excluding carboxylic acids is 1. The number of halogens is 1. The zero-order valence-electron chi connectivity index (χ0n) is 12.3. The van der Waals surface area contributed by atoms with Gasteiger partial charge in [-0.2, -0.15) is 0 Å². The molecule has 1 heterocycles. The van der Waals surface area contributed by atoms with E-state index in [0.29, 0.717) is 6.42 Å². The van der Waals surface area contributed by atoms with E-state index in [0.717, 1.165) is 23.2 Å². The van der Waals surface area contributed by atoms with Gasteiger partial charge < -0.3 is 4.90 Å². The highest BCUT2D eigenvalue weighted by Crippen LogP contribution is 2.34. The lowest BCUT2D eigenvalue weighted by Gasteiger charge is -2.26. The number of alkyl halides is 1. The Morgan fingerprint density at radius 2 is 1.71 bits per heavy atom. The fourth-order valence-electron chi connectivity index (χ4n) is 2.76. The maximum atomic E-state index is 11.7. The average Bonchev–Trinajstić information content (AvgIpc) is 2.51. The lowest BCUT2D eigenvalue weighted by molar-refractivity contribution is -0.118. The van der Waals surface area contributed by atoms with Crippen molar-refractivity contribution in [3.05, 3.63) is 64.7 Å². The molecule has 0 spiro atoms. The number of carbonyl (C=O) groups is 1. The van der Waals surface area contributed by atoms with E-state index >= 15 is 0 Å². The summed E-state index contributed by atoms with van der Waals surface area (Å²) in [6.45, 7) is 2.07. The van der Waals surface area contributed by atoms with Crippen LogP contribution >= 0.6 is 11.6 Å². The highest BCUT2D eigenvalue weighted by molar-refractivity contribution is 6.22. The predicted molar refractivity (Wildman–Crippen MR) is 87.0 cm³/mol. The van der Waals surface area contributed by atoms with Crippen molar-refractivity contribution in [1.82, 2.24) is 0 Å². The third-order valence-electron chi connectivity index (χ3n) is 4.11. The molecule has 0 radical (unpaired) electrons. The van der Waals surface area contributed by atoms with Gasteiger partial charge in [0.1, 0.15) is 0 Å². The number of rotatable bonds is 2. The molecule has 0 aliphatic carbocycles. The first kappa shape index (κ1) is 14.2. The van der Waals surface area contributed by atoms with Gasteiger partial charge in [-0.3, -0.25) is 4.79 Å². The second-order valence-corrected chi connectivity index (χ2v) is 6.05. The lowest BCUT2D eigenvalue weighted by atomic mass is 9.96. The Labute approximate surface area is 130 Å². The highest BCUT2D eigenvalue weighted by Gasteiger charge is 2.22. The molecule has 0 bridgehead atoms. The Morgan fingerprint density at radius 1 is 1.05 bits per heavy atom. The van der Waals surface area contributed by atoms with Crippen molar-refractivity contribution in [1.29, 1.82) is 0 Å². The van der Waals surface area contributed by atoms with Gasteiger partial charge in [-0.15, -0.1) is 11.6 Å². The summed E-state index contributed by atoms with van der Waals surface area (Å²) in [5.41, 5.74) is 5.62. The van der Waals surface area contributed by atoms with Crippen LogP contribution in [0.2, 0.25) is 0 Å². The second-order valence-electron chi connectivity index (χ2n) is 5.61. The van der Waals surface area contributed by atoms with Crippen LogP contribution in [0.5, 0.6) is 0 Å². The molecule has 21 heavy (non-hydrogen) atoms. The molecule has 3 heteroatoms. The van der Waals surface area contributed by atoms with Crippen LogP contribution in [0.15, 0.2) is 42.5 Å². The molecule has 0 aromatic heterocycles. The van der Waals surface area contributed by atoms with Crippen LogP contribution in [0, 0.1) is 6.92 Å². The minimum Gasteiger partial charge on any atom is -0.315 e. The number of nitrogens with zero attached hydrogens (tertiary/aromatic N) is 1. The monoisotopic (exact) mass is 299 g/mol. The highest BCUT2D eigenvalue weighted by atomic mass is 35.5. The summed E-state index contributed by atoms with van der Waals surface area (Å²) >= 11 is 6.61. The van der Waals surface area contributed by atoms with Crippen molar-refractivity contribution >= 4 is 23.2 Å². The third kappa shape index (κ3) is 2.68. The normalized spacial score (nSPS) is 15.8. The molecule has 0 N–H and O–H groups in total.